The Hall–Kier alpha value is -0.290. The Kier molecular flexibility index (Phi) is 6.12. The van der Waals surface area contributed by atoms with Crippen LogP contribution in [0.4, 0.5) is 13.2 Å². The molecule has 0 amide bonds. The van der Waals surface area contributed by atoms with Crippen molar-refractivity contribution in [3.05, 3.63) is 0 Å². The lowest BCUT2D eigenvalue weighted by Gasteiger charge is -2.48. The summed E-state index contributed by atoms with van der Waals surface area (Å²) in [4.78, 5) is 2.21. The molecule has 2 nitrogen and oxygen atoms in total. The van der Waals surface area contributed by atoms with Crippen LogP contribution < -0.4 is 5.73 Å². The third kappa shape index (κ3) is 4.09. The van der Waals surface area contributed by atoms with E-state index >= 15 is 0 Å². The molecule has 2 atom stereocenters. The lowest BCUT2D eigenvalue weighted by Crippen LogP contribution is -2.58. The Bertz CT molecular complexity index is 262. The Labute approximate surface area is 114 Å². The molecule has 2 N–H and O–H groups in total. The minimum absolute atomic E-state index is 0.174. The average molecular weight is 280 g/mol. The van der Waals surface area contributed by atoms with Crippen molar-refractivity contribution in [3.8, 4) is 0 Å². The number of hydrogen-bond acceptors (Lipinski definition) is 2. The van der Waals surface area contributed by atoms with E-state index in [2.05, 4.69) is 18.7 Å². The maximum absolute atomic E-state index is 13.0. The fourth-order valence-electron chi connectivity index (χ4n) is 3.35. The molecular formula is C14H27F3N2. The first-order valence-corrected chi connectivity index (χ1v) is 7.41. The SMILES string of the molecule is CCCN(CCC)C1(CN)CCCC(C(F)(F)F)C1. The predicted octanol–water partition coefficient (Wildman–Crippen LogP) is 3.56. The monoisotopic (exact) mass is 280 g/mol. The highest BCUT2D eigenvalue weighted by Gasteiger charge is 2.48. The molecule has 0 aromatic rings. The first-order chi connectivity index (χ1) is 8.89. The molecule has 1 saturated carbocycles. The van der Waals surface area contributed by atoms with Crippen LogP contribution in [0, 0.1) is 5.92 Å². The molecule has 0 heterocycles. The first kappa shape index (κ1) is 16.8. The quantitative estimate of drug-likeness (QED) is 0.806. The second-order valence-corrected chi connectivity index (χ2v) is 5.75. The van der Waals surface area contributed by atoms with Gasteiger partial charge in [-0.3, -0.25) is 4.90 Å². The molecule has 0 aromatic heterocycles. The van der Waals surface area contributed by atoms with Gasteiger partial charge in [0.25, 0.3) is 0 Å². The van der Waals surface area contributed by atoms with Gasteiger partial charge in [-0.1, -0.05) is 20.3 Å². The zero-order chi connectivity index (χ0) is 14.5. The molecule has 19 heavy (non-hydrogen) atoms. The van der Waals surface area contributed by atoms with Crippen LogP contribution in [0.5, 0.6) is 0 Å². The summed E-state index contributed by atoms with van der Waals surface area (Å²) in [5.74, 6) is -1.18. The van der Waals surface area contributed by atoms with Crippen molar-refractivity contribution in [2.24, 2.45) is 11.7 Å². The number of nitrogens with two attached hydrogens (primary N) is 1. The van der Waals surface area contributed by atoms with Crippen LogP contribution in [0.1, 0.15) is 52.4 Å². The van der Waals surface area contributed by atoms with Gasteiger partial charge in [-0.2, -0.15) is 13.2 Å². The number of rotatable bonds is 6. The minimum Gasteiger partial charge on any atom is -0.329 e. The van der Waals surface area contributed by atoms with E-state index in [1.807, 2.05) is 0 Å². The Morgan fingerprint density at radius 2 is 1.79 bits per heavy atom. The van der Waals surface area contributed by atoms with Gasteiger partial charge in [0.05, 0.1) is 5.92 Å². The topological polar surface area (TPSA) is 29.3 Å². The zero-order valence-corrected chi connectivity index (χ0v) is 12.1. The summed E-state index contributed by atoms with van der Waals surface area (Å²) in [7, 11) is 0. The van der Waals surface area contributed by atoms with Crippen LogP contribution in [-0.4, -0.2) is 36.2 Å². The lowest BCUT2D eigenvalue weighted by molar-refractivity contribution is -0.193. The second kappa shape index (κ2) is 6.93. The summed E-state index contributed by atoms with van der Waals surface area (Å²) in [6, 6.07) is 0. The number of hydrogen-bond donors (Lipinski definition) is 1. The summed E-state index contributed by atoms with van der Waals surface area (Å²) >= 11 is 0. The van der Waals surface area contributed by atoms with Gasteiger partial charge in [-0.05, 0) is 45.2 Å². The van der Waals surface area contributed by atoms with Gasteiger partial charge in [0.2, 0.25) is 0 Å². The Morgan fingerprint density at radius 1 is 1.21 bits per heavy atom. The van der Waals surface area contributed by atoms with E-state index in [1.165, 1.54) is 0 Å². The van der Waals surface area contributed by atoms with E-state index in [0.29, 0.717) is 13.0 Å². The van der Waals surface area contributed by atoms with E-state index in [-0.39, 0.29) is 12.8 Å². The van der Waals surface area contributed by atoms with E-state index in [0.717, 1.165) is 32.4 Å². The van der Waals surface area contributed by atoms with Crippen LogP contribution in [0.25, 0.3) is 0 Å². The van der Waals surface area contributed by atoms with Gasteiger partial charge in [0.15, 0.2) is 0 Å². The molecule has 0 radical (unpaired) electrons. The van der Waals surface area contributed by atoms with Crippen LogP contribution in [0.3, 0.4) is 0 Å². The molecular weight excluding hydrogens is 253 g/mol. The van der Waals surface area contributed by atoms with Crippen molar-refractivity contribution in [1.29, 1.82) is 0 Å². The molecule has 114 valence electrons. The molecule has 0 aliphatic heterocycles. The standard InChI is InChI=1S/C14H27F3N2/c1-3-8-19(9-4-2)13(11-18)7-5-6-12(10-13)14(15,16)17/h12H,3-11,18H2,1-2H3. The van der Waals surface area contributed by atoms with Crippen molar-refractivity contribution < 1.29 is 13.2 Å². The van der Waals surface area contributed by atoms with Crippen molar-refractivity contribution in [2.75, 3.05) is 19.6 Å². The fourth-order valence-corrected chi connectivity index (χ4v) is 3.35. The number of nitrogens with zero attached hydrogens (tertiary/aromatic N) is 1. The molecule has 1 aliphatic carbocycles. The van der Waals surface area contributed by atoms with Crippen molar-refractivity contribution in [3.63, 3.8) is 0 Å². The largest absolute Gasteiger partial charge is 0.391 e. The normalized spacial score (nSPS) is 28.9. The van der Waals surface area contributed by atoms with Gasteiger partial charge in [-0.25, -0.2) is 0 Å². The molecule has 5 heteroatoms. The Morgan fingerprint density at radius 3 is 2.21 bits per heavy atom. The van der Waals surface area contributed by atoms with Crippen LogP contribution in [-0.2, 0) is 0 Å². The maximum Gasteiger partial charge on any atom is 0.391 e. The van der Waals surface area contributed by atoms with Crippen LogP contribution in [0.15, 0.2) is 0 Å². The number of halogens is 3. The molecule has 0 bridgehead atoms. The summed E-state index contributed by atoms with van der Waals surface area (Å²) in [6.45, 7) is 6.15. The molecule has 2 unspecified atom stereocenters. The van der Waals surface area contributed by atoms with Crippen molar-refractivity contribution in [2.45, 2.75) is 64.1 Å². The van der Waals surface area contributed by atoms with Crippen molar-refractivity contribution >= 4 is 0 Å². The van der Waals surface area contributed by atoms with Crippen LogP contribution >= 0.6 is 0 Å². The highest BCUT2D eigenvalue weighted by atomic mass is 19.4. The molecule has 1 fully saturated rings. The maximum atomic E-state index is 13.0. The first-order valence-electron chi connectivity index (χ1n) is 7.41. The lowest BCUT2D eigenvalue weighted by atomic mass is 9.74. The van der Waals surface area contributed by atoms with Gasteiger partial charge in [-0.15, -0.1) is 0 Å². The minimum atomic E-state index is -4.08. The van der Waals surface area contributed by atoms with Gasteiger partial charge in [0.1, 0.15) is 0 Å². The smallest absolute Gasteiger partial charge is 0.329 e. The summed E-state index contributed by atoms with van der Waals surface area (Å²) in [5.41, 5.74) is 5.46. The van der Waals surface area contributed by atoms with Gasteiger partial charge in [0, 0.05) is 12.1 Å². The van der Waals surface area contributed by atoms with E-state index < -0.39 is 17.6 Å². The second-order valence-electron chi connectivity index (χ2n) is 5.75. The molecule has 0 aromatic carbocycles. The van der Waals surface area contributed by atoms with Gasteiger partial charge < -0.3 is 5.73 Å². The highest BCUT2D eigenvalue weighted by Crippen LogP contribution is 2.43. The Balaban J connectivity index is 2.87. The van der Waals surface area contributed by atoms with Crippen molar-refractivity contribution in [1.82, 2.24) is 4.90 Å². The van der Waals surface area contributed by atoms with E-state index in [4.69, 9.17) is 5.73 Å². The zero-order valence-electron chi connectivity index (χ0n) is 12.1. The molecule has 0 spiro atoms. The molecule has 1 aliphatic rings. The summed E-state index contributed by atoms with van der Waals surface area (Å²) in [5, 5.41) is 0. The van der Waals surface area contributed by atoms with E-state index in [9.17, 15) is 13.2 Å². The van der Waals surface area contributed by atoms with E-state index in [1.54, 1.807) is 0 Å². The summed E-state index contributed by atoms with van der Waals surface area (Å²) in [6.07, 6.45) is -0.298. The average Bonchev–Trinajstić information content (AvgIpc) is 2.37. The highest BCUT2D eigenvalue weighted by molar-refractivity contribution is 4.98. The van der Waals surface area contributed by atoms with Gasteiger partial charge >= 0.3 is 6.18 Å². The van der Waals surface area contributed by atoms with Crippen LogP contribution in [0.2, 0.25) is 0 Å². The predicted molar refractivity (Wildman–Crippen MR) is 72.0 cm³/mol. The third-order valence-corrected chi connectivity index (χ3v) is 4.32. The third-order valence-electron chi connectivity index (χ3n) is 4.32. The molecule has 1 rings (SSSR count). The summed E-state index contributed by atoms with van der Waals surface area (Å²) < 4.78 is 39.0. The number of alkyl halides is 3. The molecule has 0 saturated heterocycles. The fraction of sp³-hybridized carbons (Fsp3) is 1.00.